The van der Waals surface area contributed by atoms with Crippen LogP contribution in [0.15, 0.2) is 28.6 Å². The fraction of sp³-hybridized carbons (Fsp3) is 0.412. The van der Waals surface area contributed by atoms with E-state index in [1.54, 1.807) is 11.6 Å². The molecule has 0 bridgehead atoms. The number of nitrogens with one attached hydrogen (secondary N) is 1. The second-order valence-electron chi connectivity index (χ2n) is 6.14. The number of para-hydroxylation sites is 1. The first-order valence-electron chi connectivity index (χ1n) is 7.78. The molecule has 2 rings (SSSR count). The number of carbonyl (C=O) groups excluding carboxylic acids is 1. The van der Waals surface area contributed by atoms with Crippen LogP contribution in [0, 0.1) is 28.1 Å². The normalized spacial score (nSPS) is 13.3. The number of benzene rings is 1. The monoisotopic (exact) mass is 392 g/mol. The number of aromatic nitrogens is 2. The van der Waals surface area contributed by atoms with Crippen LogP contribution in [0.4, 0.5) is 0 Å². The first kappa shape index (κ1) is 19.6. The molecule has 0 aliphatic heterocycles. The number of rotatable bonds is 6. The Morgan fingerprint density at radius 2 is 2.20 bits per heavy atom. The molecule has 25 heavy (non-hydrogen) atoms. The highest BCUT2D eigenvalue weighted by Crippen LogP contribution is 2.25. The molecule has 5 nitrogen and oxygen atoms in total. The van der Waals surface area contributed by atoms with E-state index < -0.39 is 5.54 Å². The van der Waals surface area contributed by atoms with Gasteiger partial charge in [0.05, 0.1) is 17.5 Å². The van der Waals surface area contributed by atoms with Crippen LogP contribution in [0.1, 0.15) is 26.3 Å². The molecule has 8 heteroatoms. The zero-order chi connectivity index (χ0) is 18.6. The fourth-order valence-corrected chi connectivity index (χ4v) is 4.17. The smallest absolute Gasteiger partial charge is 0.231 e. The Hall–Kier alpha value is -1.69. The Morgan fingerprint density at radius 1 is 1.52 bits per heavy atom. The summed E-state index contributed by atoms with van der Waals surface area (Å²) in [5, 5.41) is 16.6. The van der Waals surface area contributed by atoms with Crippen LogP contribution in [-0.4, -0.2) is 27.0 Å². The average Bonchev–Trinajstić information content (AvgIpc) is 2.94. The first-order valence-corrected chi connectivity index (χ1v) is 9.99. The molecule has 2 aromatic rings. The summed E-state index contributed by atoms with van der Waals surface area (Å²) in [7, 11) is 0. The fourth-order valence-electron chi connectivity index (χ4n) is 2.03. The molecular formula is C17H20N4OS3. The highest BCUT2D eigenvalue weighted by atomic mass is 32.2. The first-order chi connectivity index (χ1) is 11.8. The van der Waals surface area contributed by atoms with Crippen LogP contribution in [0.3, 0.4) is 0 Å². The predicted octanol–water partition coefficient (Wildman–Crippen LogP) is 4.12. The van der Waals surface area contributed by atoms with Gasteiger partial charge in [0.25, 0.3) is 0 Å². The van der Waals surface area contributed by atoms with E-state index in [9.17, 15) is 10.1 Å². The third-order valence-electron chi connectivity index (χ3n) is 3.99. The van der Waals surface area contributed by atoms with E-state index in [1.165, 1.54) is 23.1 Å². The highest BCUT2D eigenvalue weighted by molar-refractivity contribution is 8.01. The van der Waals surface area contributed by atoms with Gasteiger partial charge in [-0.2, -0.15) is 5.26 Å². The molecule has 0 saturated heterocycles. The summed E-state index contributed by atoms with van der Waals surface area (Å²) in [4.78, 5) is 12.2. The summed E-state index contributed by atoms with van der Waals surface area (Å²) in [6.45, 7) is 7.56. The van der Waals surface area contributed by atoms with Gasteiger partial charge in [0.15, 0.2) is 8.29 Å². The Labute approximate surface area is 161 Å². The van der Waals surface area contributed by atoms with E-state index in [0.717, 1.165) is 15.6 Å². The summed E-state index contributed by atoms with van der Waals surface area (Å²) in [5.74, 6) is 0.0279. The molecule has 1 atom stereocenters. The molecule has 0 saturated carbocycles. The number of aryl methyl sites for hydroxylation is 1. The lowest BCUT2D eigenvalue weighted by atomic mass is 9.90. The minimum Gasteiger partial charge on any atom is -0.337 e. The Bertz CT molecular complexity index is 865. The molecule has 0 unspecified atom stereocenters. The van der Waals surface area contributed by atoms with Gasteiger partial charge in [-0.05, 0) is 43.6 Å². The molecule has 1 aromatic carbocycles. The third-order valence-corrected chi connectivity index (χ3v) is 6.35. The van der Waals surface area contributed by atoms with Crippen molar-refractivity contribution in [2.24, 2.45) is 5.92 Å². The van der Waals surface area contributed by atoms with E-state index in [-0.39, 0.29) is 17.6 Å². The number of nitriles is 1. The topological polar surface area (TPSA) is 70.7 Å². The minimum absolute atomic E-state index is 0.0220. The van der Waals surface area contributed by atoms with Gasteiger partial charge >= 0.3 is 0 Å². The second kappa shape index (κ2) is 8.13. The number of amides is 1. The van der Waals surface area contributed by atoms with Gasteiger partial charge in [0, 0.05) is 0 Å². The molecule has 1 heterocycles. The largest absolute Gasteiger partial charge is 0.337 e. The minimum atomic E-state index is -0.870. The molecular weight excluding hydrogens is 372 g/mol. The maximum Gasteiger partial charge on any atom is 0.231 e. The molecule has 132 valence electrons. The van der Waals surface area contributed by atoms with Crippen LogP contribution >= 0.6 is 35.3 Å². The summed E-state index contributed by atoms with van der Waals surface area (Å²) in [5.41, 5.74) is 1.15. The van der Waals surface area contributed by atoms with Crippen LogP contribution in [0.5, 0.6) is 0 Å². The van der Waals surface area contributed by atoms with Crippen molar-refractivity contribution in [3.05, 3.63) is 33.8 Å². The van der Waals surface area contributed by atoms with Crippen LogP contribution < -0.4 is 5.32 Å². The van der Waals surface area contributed by atoms with Crippen molar-refractivity contribution in [3.8, 4) is 11.8 Å². The van der Waals surface area contributed by atoms with Crippen molar-refractivity contribution in [2.45, 2.75) is 37.6 Å². The van der Waals surface area contributed by atoms with E-state index >= 15 is 0 Å². The number of nitrogens with zero attached hydrogens (tertiary/aromatic N) is 3. The molecule has 1 aromatic heterocycles. The van der Waals surface area contributed by atoms with Crippen molar-refractivity contribution in [1.29, 1.82) is 5.26 Å². The van der Waals surface area contributed by atoms with Crippen molar-refractivity contribution in [3.63, 3.8) is 0 Å². The predicted molar refractivity (Wildman–Crippen MR) is 105 cm³/mol. The molecule has 0 fully saturated rings. The van der Waals surface area contributed by atoms with Crippen molar-refractivity contribution in [2.75, 3.05) is 5.75 Å². The molecule has 0 aliphatic rings. The second-order valence-corrected chi connectivity index (χ2v) is 8.98. The lowest BCUT2D eigenvalue weighted by molar-refractivity contribution is -0.120. The zero-order valence-corrected chi connectivity index (χ0v) is 17.0. The van der Waals surface area contributed by atoms with Crippen molar-refractivity contribution in [1.82, 2.24) is 15.1 Å². The summed E-state index contributed by atoms with van der Waals surface area (Å²) in [6.07, 6.45) is 0. The Kier molecular flexibility index (Phi) is 6.38. The number of carbonyl (C=O) groups is 1. The Balaban J connectivity index is 2.07. The Morgan fingerprint density at radius 3 is 2.80 bits per heavy atom. The third kappa shape index (κ3) is 4.69. The molecule has 0 radical (unpaired) electrons. The van der Waals surface area contributed by atoms with E-state index in [1.807, 2.05) is 45.0 Å². The standard InChI is InChI=1S/C17H20N4OS3/c1-11(2)17(4,10-18)19-14(22)9-24-15-20-21(16(23)25-15)13-8-6-5-7-12(13)3/h5-8,11H,9H2,1-4H3,(H,19,22)/t17-/m0/s1. The zero-order valence-electron chi connectivity index (χ0n) is 14.6. The van der Waals surface area contributed by atoms with Crippen LogP contribution in [-0.2, 0) is 4.79 Å². The maximum atomic E-state index is 12.2. The van der Waals surface area contributed by atoms with Crippen molar-refractivity contribution < 1.29 is 4.79 Å². The average molecular weight is 393 g/mol. The van der Waals surface area contributed by atoms with Gasteiger partial charge in [0.2, 0.25) is 5.91 Å². The number of hydrogen-bond acceptors (Lipinski definition) is 6. The van der Waals surface area contributed by atoms with E-state index in [4.69, 9.17) is 12.2 Å². The maximum absolute atomic E-state index is 12.2. The van der Waals surface area contributed by atoms with Gasteiger partial charge in [0.1, 0.15) is 5.54 Å². The van der Waals surface area contributed by atoms with Gasteiger partial charge in [-0.15, -0.1) is 5.10 Å². The van der Waals surface area contributed by atoms with Crippen molar-refractivity contribution >= 4 is 41.2 Å². The highest BCUT2D eigenvalue weighted by Gasteiger charge is 2.29. The van der Waals surface area contributed by atoms with E-state index in [0.29, 0.717) is 3.95 Å². The van der Waals surface area contributed by atoms with E-state index in [2.05, 4.69) is 16.5 Å². The summed E-state index contributed by atoms with van der Waals surface area (Å²) in [6, 6.07) is 10.1. The van der Waals surface area contributed by atoms with Crippen LogP contribution in [0.2, 0.25) is 0 Å². The quantitative estimate of drug-likeness (QED) is 0.591. The molecule has 1 amide bonds. The summed E-state index contributed by atoms with van der Waals surface area (Å²) < 4.78 is 3.09. The number of thioether (sulfide) groups is 1. The van der Waals surface area contributed by atoms with Gasteiger partial charge in [-0.3, -0.25) is 4.79 Å². The summed E-state index contributed by atoms with van der Waals surface area (Å²) >= 11 is 8.10. The number of hydrogen-bond donors (Lipinski definition) is 1. The lowest BCUT2D eigenvalue weighted by Gasteiger charge is -2.27. The van der Waals surface area contributed by atoms with Gasteiger partial charge in [-0.1, -0.05) is 55.1 Å². The van der Waals surface area contributed by atoms with Gasteiger partial charge in [-0.25, -0.2) is 4.68 Å². The molecule has 1 N–H and O–H groups in total. The molecule has 0 spiro atoms. The van der Waals surface area contributed by atoms with Crippen LogP contribution in [0.25, 0.3) is 5.69 Å². The lowest BCUT2D eigenvalue weighted by Crippen LogP contribution is -2.49. The SMILES string of the molecule is Cc1ccccc1-n1nc(SCC(=O)N[C@@](C)(C#N)C(C)C)sc1=S. The molecule has 0 aliphatic carbocycles. The van der Waals surface area contributed by atoms with Gasteiger partial charge < -0.3 is 5.32 Å².